The zero-order valence-corrected chi connectivity index (χ0v) is 7.07. The van der Waals surface area contributed by atoms with E-state index >= 15 is 0 Å². The average molecular weight is 170 g/mol. The van der Waals surface area contributed by atoms with Gasteiger partial charge in [-0.3, -0.25) is 0 Å². The maximum atomic E-state index is 5.14. The Morgan fingerprint density at radius 3 is 2.17 bits per heavy atom. The topological polar surface area (TPSA) is 31.0 Å². The lowest BCUT2D eigenvalue weighted by Gasteiger charge is -2.12. The monoisotopic (exact) mass is 170 g/mol. The van der Waals surface area contributed by atoms with Gasteiger partial charge in [0.2, 0.25) is 0 Å². The van der Waals surface area contributed by atoms with Crippen LogP contribution in [0.3, 0.4) is 0 Å². The van der Waals surface area contributed by atoms with Crippen molar-refractivity contribution in [2.75, 3.05) is 19.8 Å². The Hall–Kier alpha value is -0.960. The second-order valence-corrected chi connectivity index (χ2v) is 2.63. The fraction of sp³-hybridized carbons (Fsp3) is 0.556. The first-order chi connectivity index (χ1) is 5.88. The van der Waals surface area contributed by atoms with Gasteiger partial charge in [-0.05, 0) is 0 Å². The third-order valence-electron chi connectivity index (χ3n) is 1.74. The highest BCUT2D eigenvalue weighted by atomic mass is 16.6. The molecule has 0 aliphatic carbocycles. The molecular weight excluding hydrogens is 156 g/mol. The normalized spacial score (nSPS) is 20.2. The van der Waals surface area contributed by atoms with Crippen LogP contribution in [-0.4, -0.2) is 25.9 Å². The number of hydrogen-bond acceptors (Lipinski definition) is 3. The molecule has 3 nitrogen and oxygen atoms in total. The maximum absolute atomic E-state index is 5.14. The zero-order chi connectivity index (χ0) is 8.81. The minimum Gasteiger partial charge on any atom is -0.501 e. The summed E-state index contributed by atoms with van der Waals surface area (Å²) in [5.41, 5.74) is 0. The van der Waals surface area contributed by atoms with Crippen LogP contribution in [0.4, 0.5) is 0 Å². The summed E-state index contributed by atoms with van der Waals surface area (Å²) >= 11 is 0. The van der Waals surface area contributed by atoms with E-state index in [0.717, 1.165) is 6.61 Å². The lowest BCUT2D eigenvalue weighted by atomic mass is 10.1. The van der Waals surface area contributed by atoms with Crippen molar-refractivity contribution in [3.05, 3.63) is 25.7 Å². The van der Waals surface area contributed by atoms with Crippen LogP contribution in [0.2, 0.25) is 0 Å². The molecule has 1 rings (SSSR count). The van der Waals surface area contributed by atoms with Crippen molar-refractivity contribution >= 4 is 0 Å². The summed E-state index contributed by atoms with van der Waals surface area (Å²) < 4.78 is 15.3. The number of epoxide rings is 1. The molecule has 1 saturated heterocycles. The Kier molecular flexibility index (Phi) is 3.67. The maximum Gasteiger partial charge on any atom is 0.0959 e. The van der Waals surface area contributed by atoms with Crippen molar-refractivity contribution in [1.29, 1.82) is 0 Å². The van der Waals surface area contributed by atoms with Gasteiger partial charge in [0, 0.05) is 0 Å². The molecule has 0 saturated carbocycles. The highest BCUT2D eigenvalue weighted by Gasteiger charge is 2.33. The zero-order valence-electron chi connectivity index (χ0n) is 7.07. The number of ether oxygens (including phenoxy) is 3. The van der Waals surface area contributed by atoms with Crippen molar-refractivity contribution in [2.45, 2.75) is 6.10 Å². The SMILES string of the molecule is C=COCC(COC=C)C1CO1. The average Bonchev–Trinajstić information content (AvgIpc) is 2.88. The third kappa shape index (κ3) is 2.96. The highest BCUT2D eigenvalue weighted by molar-refractivity contribution is 4.79. The van der Waals surface area contributed by atoms with Crippen LogP contribution in [0.15, 0.2) is 25.7 Å². The van der Waals surface area contributed by atoms with E-state index in [0.29, 0.717) is 25.2 Å². The van der Waals surface area contributed by atoms with Crippen LogP contribution < -0.4 is 0 Å². The molecule has 68 valence electrons. The molecule has 1 atom stereocenters. The minimum atomic E-state index is 0.293. The van der Waals surface area contributed by atoms with Gasteiger partial charge < -0.3 is 14.2 Å². The second kappa shape index (κ2) is 4.83. The Bertz CT molecular complexity index is 140. The first-order valence-corrected chi connectivity index (χ1v) is 3.95. The minimum absolute atomic E-state index is 0.293. The Morgan fingerprint density at radius 1 is 1.33 bits per heavy atom. The molecule has 0 aromatic carbocycles. The van der Waals surface area contributed by atoms with E-state index in [1.807, 2.05) is 0 Å². The molecular formula is C9H14O3. The van der Waals surface area contributed by atoms with Crippen molar-refractivity contribution in [3.8, 4) is 0 Å². The van der Waals surface area contributed by atoms with Crippen LogP contribution in [0.1, 0.15) is 0 Å². The summed E-state index contributed by atoms with van der Waals surface area (Å²) in [4.78, 5) is 0. The molecule has 12 heavy (non-hydrogen) atoms. The molecule has 0 aromatic rings. The summed E-state index contributed by atoms with van der Waals surface area (Å²) in [6.07, 6.45) is 3.16. The first-order valence-electron chi connectivity index (χ1n) is 3.95. The molecule has 1 heterocycles. The van der Waals surface area contributed by atoms with Gasteiger partial charge in [0.1, 0.15) is 0 Å². The van der Waals surface area contributed by atoms with E-state index in [-0.39, 0.29) is 0 Å². The van der Waals surface area contributed by atoms with Gasteiger partial charge in [-0.2, -0.15) is 0 Å². The van der Waals surface area contributed by atoms with Crippen molar-refractivity contribution in [1.82, 2.24) is 0 Å². The summed E-state index contributed by atoms with van der Waals surface area (Å²) in [5, 5.41) is 0. The van der Waals surface area contributed by atoms with E-state index in [9.17, 15) is 0 Å². The van der Waals surface area contributed by atoms with Gasteiger partial charge in [-0.15, -0.1) is 0 Å². The summed E-state index contributed by atoms with van der Waals surface area (Å²) in [6.45, 7) is 8.95. The van der Waals surface area contributed by atoms with Crippen molar-refractivity contribution < 1.29 is 14.2 Å². The molecule has 1 aliphatic heterocycles. The standard InChI is InChI=1S/C9H14O3/c1-3-10-5-8(6-11-4-2)9-7-12-9/h3-4,8-9H,1-2,5-7H2. The lowest BCUT2D eigenvalue weighted by Crippen LogP contribution is -2.19. The molecule has 1 unspecified atom stereocenters. The molecule has 0 spiro atoms. The fourth-order valence-corrected chi connectivity index (χ4v) is 0.974. The van der Waals surface area contributed by atoms with Gasteiger partial charge >= 0.3 is 0 Å². The van der Waals surface area contributed by atoms with Crippen LogP contribution in [0.25, 0.3) is 0 Å². The molecule has 3 heteroatoms. The summed E-state index contributed by atoms with van der Waals surface area (Å²) in [6, 6.07) is 0. The van der Waals surface area contributed by atoms with Crippen LogP contribution in [0.5, 0.6) is 0 Å². The van der Waals surface area contributed by atoms with E-state index in [1.54, 1.807) is 0 Å². The molecule has 0 radical (unpaired) electrons. The Morgan fingerprint density at radius 2 is 1.83 bits per heavy atom. The van der Waals surface area contributed by atoms with E-state index in [4.69, 9.17) is 14.2 Å². The van der Waals surface area contributed by atoms with Crippen LogP contribution in [0, 0.1) is 5.92 Å². The predicted molar refractivity (Wildman–Crippen MR) is 45.5 cm³/mol. The largest absolute Gasteiger partial charge is 0.501 e. The van der Waals surface area contributed by atoms with E-state index in [2.05, 4.69) is 13.2 Å². The van der Waals surface area contributed by atoms with Gasteiger partial charge in [0.05, 0.1) is 44.4 Å². The van der Waals surface area contributed by atoms with E-state index in [1.165, 1.54) is 12.5 Å². The van der Waals surface area contributed by atoms with Gasteiger partial charge in [0.25, 0.3) is 0 Å². The molecule has 0 N–H and O–H groups in total. The molecule has 0 bridgehead atoms. The Balaban J connectivity index is 2.17. The third-order valence-corrected chi connectivity index (χ3v) is 1.74. The van der Waals surface area contributed by atoms with Crippen molar-refractivity contribution in [3.63, 3.8) is 0 Å². The van der Waals surface area contributed by atoms with Crippen LogP contribution in [-0.2, 0) is 14.2 Å². The predicted octanol–water partition coefficient (Wildman–Crippen LogP) is 1.32. The lowest BCUT2D eigenvalue weighted by molar-refractivity contribution is 0.104. The van der Waals surface area contributed by atoms with Gasteiger partial charge in [0.15, 0.2) is 0 Å². The van der Waals surface area contributed by atoms with E-state index < -0.39 is 0 Å². The van der Waals surface area contributed by atoms with Crippen molar-refractivity contribution in [2.24, 2.45) is 5.92 Å². The van der Waals surface area contributed by atoms with Gasteiger partial charge in [-0.1, -0.05) is 13.2 Å². The van der Waals surface area contributed by atoms with Gasteiger partial charge in [-0.25, -0.2) is 0 Å². The van der Waals surface area contributed by atoms with Crippen LogP contribution >= 0.6 is 0 Å². The quantitative estimate of drug-likeness (QED) is 0.426. The summed E-state index contributed by atoms with van der Waals surface area (Å²) in [5.74, 6) is 0.293. The number of rotatable bonds is 7. The number of hydrogen-bond donors (Lipinski definition) is 0. The highest BCUT2D eigenvalue weighted by Crippen LogP contribution is 2.21. The molecule has 0 aromatic heterocycles. The summed E-state index contributed by atoms with van der Waals surface area (Å²) in [7, 11) is 0. The fourth-order valence-electron chi connectivity index (χ4n) is 0.974. The first kappa shape index (κ1) is 9.13. The molecule has 1 aliphatic rings. The second-order valence-electron chi connectivity index (χ2n) is 2.63. The smallest absolute Gasteiger partial charge is 0.0959 e. The molecule has 0 amide bonds. The molecule has 1 fully saturated rings. The Labute approximate surface area is 72.6 Å².